The van der Waals surface area contributed by atoms with Gasteiger partial charge in [-0.2, -0.15) is 0 Å². The Morgan fingerprint density at radius 1 is 1.30 bits per heavy atom. The lowest BCUT2D eigenvalue weighted by molar-refractivity contribution is 0.0951. The van der Waals surface area contributed by atoms with E-state index in [4.69, 9.17) is 10.5 Å². The van der Waals surface area contributed by atoms with E-state index in [1.54, 1.807) is 30.3 Å². The predicted molar refractivity (Wildman–Crippen MR) is 75.0 cm³/mol. The number of nitrogen functional groups attached to an aromatic ring is 1. The topological polar surface area (TPSA) is 64.3 Å². The van der Waals surface area contributed by atoms with Gasteiger partial charge in [0.2, 0.25) is 0 Å². The van der Waals surface area contributed by atoms with Gasteiger partial charge in [0.25, 0.3) is 5.91 Å². The zero-order chi connectivity index (χ0) is 14.5. The summed E-state index contributed by atoms with van der Waals surface area (Å²) in [6, 6.07) is 10.9. The van der Waals surface area contributed by atoms with Gasteiger partial charge in [0.15, 0.2) is 0 Å². The summed E-state index contributed by atoms with van der Waals surface area (Å²) in [7, 11) is 1.51. The molecular formula is C15H15FN2O2. The molecule has 0 atom stereocenters. The molecule has 104 valence electrons. The number of halogens is 1. The van der Waals surface area contributed by atoms with E-state index in [-0.39, 0.29) is 18.3 Å². The van der Waals surface area contributed by atoms with Crippen molar-refractivity contribution in [3.63, 3.8) is 0 Å². The third kappa shape index (κ3) is 3.26. The molecule has 2 aromatic rings. The van der Waals surface area contributed by atoms with Crippen molar-refractivity contribution in [3.05, 3.63) is 59.4 Å². The van der Waals surface area contributed by atoms with Gasteiger partial charge in [0.05, 0.1) is 12.8 Å². The van der Waals surface area contributed by atoms with E-state index in [0.717, 1.165) is 0 Å². The van der Waals surface area contributed by atoms with Crippen LogP contribution in [0.25, 0.3) is 0 Å². The first-order valence-corrected chi connectivity index (χ1v) is 6.06. The van der Waals surface area contributed by atoms with Crippen LogP contribution in [0.1, 0.15) is 15.9 Å². The van der Waals surface area contributed by atoms with Crippen molar-refractivity contribution in [1.29, 1.82) is 0 Å². The Kier molecular flexibility index (Phi) is 4.20. The first kappa shape index (κ1) is 13.9. The molecule has 0 aliphatic heterocycles. The number of hydrogen-bond donors (Lipinski definition) is 2. The predicted octanol–water partition coefficient (Wildman–Crippen LogP) is 2.35. The fourth-order valence-electron chi connectivity index (χ4n) is 1.81. The number of nitrogens with two attached hydrogens (primary N) is 1. The molecule has 1 amide bonds. The molecule has 0 fully saturated rings. The van der Waals surface area contributed by atoms with Gasteiger partial charge in [-0.15, -0.1) is 0 Å². The maximum Gasteiger partial charge on any atom is 0.251 e. The molecule has 3 N–H and O–H groups in total. The van der Waals surface area contributed by atoms with E-state index in [1.807, 2.05) is 0 Å². The second-order valence-corrected chi connectivity index (χ2v) is 4.27. The molecule has 2 rings (SSSR count). The molecule has 0 saturated carbocycles. The highest BCUT2D eigenvalue weighted by atomic mass is 19.1. The molecule has 2 aromatic carbocycles. The Hall–Kier alpha value is -2.56. The molecule has 0 heterocycles. The van der Waals surface area contributed by atoms with Crippen molar-refractivity contribution >= 4 is 11.6 Å². The van der Waals surface area contributed by atoms with E-state index < -0.39 is 0 Å². The van der Waals surface area contributed by atoms with Gasteiger partial charge in [-0.05, 0) is 35.9 Å². The minimum atomic E-state index is -0.328. The summed E-state index contributed by atoms with van der Waals surface area (Å²) in [4.78, 5) is 12.0. The Morgan fingerprint density at radius 3 is 2.75 bits per heavy atom. The molecule has 0 aliphatic carbocycles. The van der Waals surface area contributed by atoms with Crippen molar-refractivity contribution in [2.75, 3.05) is 12.8 Å². The number of hydrogen-bond acceptors (Lipinski definition) is 3. The van der Waals surface area contributed by atoms with E-state index in [1.165, 1.54) is 19.2 Å². The molecule has 5 heteroatoms. The number of ether oxygens (including phenoxy) is 1. The summed E-state index contributed by atoms with van der Waals surface area (Å²) in [5, 5.41) is 2.71. The van der Waals surface area contributed by atoms with Gasteiger partial charge in [0, 0.05) is 12.1 Å². The van der Waals surface area contributed by atoms with Gasteiger partial charge in [-0.3, -0.25) is 4.79 Å². The van der Waals surface area contributed by atoms with Crippen molar-refractivity contribution in [3.8, 4) is 5.75 Å². The minimum absolute atomic E-state index is 0.253. The summed E-state index contributed by atoms with van der Waals surface area (Å²) in [6.07, 6.45) is 0. The van der Waals surface area contributed by atoms with Crippen molar-refractivity contribution < 1.29 is 13.9 Å². The summed E-state index contributed by atoms with van der Waals surface area (Å²) in [6.45, 7) is 0.253. The summed E-state index contributed by atoms with van der Waals surface area (Å²) in [5.74, 6) is -0.0827. The van der Waals surface area contributed by atoms with Crippen LogP contribution in [0.4, 0.5) is 10.1 Å². The fourth-order valence-corrected chi connectivity index (χ4v) is 1.81. The Bertz CT molecular complexity index is 629. The zero-order valence-electron chi connectivity index (χ0n) is 11.0. The fraction of sp³-hybridized carbons (Fsp3) is 0.133. The Balaban J connectivity index is 2.03. The van der Waals surface area contributed by atoms with Crippen molar-refractivity contribution in [2.24, 2.45) is 0 Å². The number of carbonyl (C=O) groups excluding carboxylic acids is 1. The molecule has 4 nitrogen and oxygen atoms in total. The Morgan fingerprint density at radius 2 is 2.10 bits per heavy atom. The van der Waals surface area contributed by atoms with E-state index in [9.17, 15) is 9.18 Å². The molecule has 0 saturated heterocycles. The number of benzene rings is 2. The average molecular weight is 274 g/mol. The third-order valence-electron chi connectivity index (χ3n) is 2.83. The Labute approximate surface area is 116 Å². The van der Waals surface area contributed by atoms with Crippen LogP contribution < -0.4 is 15.8 Å². The van der Waals surface area contributed by atoms with Crippen LogP contribution in [-0.2, 0) is 6.54 Å². The van der Waals surface area contributed by atoms with Crippen LogP contribution >= 0.6 is 0 Å². The second-order valence-electron chi connectivity index (χ2n) is 4.27. The zero-order valence-corrected chi connectivity index (χ0v) is 11.0. The largest absolute Gasteiger partial charge is 0.495 e. The number of rotatable bonds is 4. The van der Waals surface area contributed by atoms with Crippen LogP contribution in [0.2, 0.25) is 0 Å². The molecule has 0 unspecified atom stereocenters. The van der Waals surface area contributed by atoms with Crippen LogP contribution in [0, 0.1) is 5.82 Å². The maximum atomic E-state index is 13.0. The van der Waals surface area contributed by atoms with Gasteiger partial charge in [-0.25, -0.2) is 4.39 Å². The second kappa shape index (κ2) is 6.06. The molecule has 0 spiro atoms. The lowest BCUT2D eigenvalue weighted by Crippen LogP contribution is -2.22. The lowest BCUT2D eigenvalue weighted by atomic mass is 10.1. The van der Waals surface area contributed by atoms with Gasteiger partial charge in [-0.1, -0.05) is 12.1 Å². The number of nitrogens with one attached hydrogen (secondary N) is 1. The molecule has 0 aliphatic rings. The van der Waals surface area contributed by atoms with E-state index >= 15 is 0 Å². The SMILES string of the molecule is COc1ccc(C(=O)NCc2cccc(F)c2)cc1N. The third-order valence-corrected chi connectivity index (χ3v) is 2.83. The number of amides is 1. The number of methoxy groups -OCH3 is 1. The van der Waals surface area contributed by atoms with Crippen LogP contribution in [-0.4, -0.2) is 13.0 Å². The summed E-state index contributed by atoms with van der Waals surface area (Å²) in [5.41, 5.74) is 7.26. The van der Waals surface area contributed by atoms with Crippen LogP contribution in [0.15, 0.2) is 42.5 Å². The van der Waals surface area contributed by atoms with Crippen LogP contribution in [0.5, 0.6) is 5.75 Å². The van der Waals surface area contributed by atoms with E-state index in [2.05, 4.69) is 5.32 Å². The minimum Gasteiger partial charge on any atom is -0.495 e. The molecule has 0 aromatic heterocycles. The molecule has 20 heavy (non-hydrogen) atoms. The van der Waals surface area contributed by atoms with Crippen LogP contribution in [0.3, 0.4) is 0 Å². The molecule has 0 bridgehead atoms. The highest BCUT2D eigenvalue weighted by Crippen LogP contribution is 2.21. The monoisotopic (exact) mass is 274 g/mol. The van der Waals surface area contributed by atoms with Gasteiger partial charge in [0.1, 0.15) is 11.6 Å². The van der Waals surface area contributed by atoms with Gasteiger partial charge >= 0.3 is 0 Å². The molecule has 0 radical (unpaired) electrons. The average Bonchev–Trinajstić information content (AvgIpc) is 2.44. The highest BCUT2D eigenvalue weighted by molar-refractivity contribution is 5.95. The highest BCUT2D eigenvalue weighted by Gasteiger charge is 2.08. The quantitative estimate of drug-likeness (QED) is 0.841. The summed E-state index contributed by atoms with van der Waals surface area (Å²) >= 11 is 0. The van der Waals surface area contributed by atoms with Gasteiger partial charge < -0.3 is 15.8 Å². The smallest absolute Gasteiger partial charge is 0.251 e. The van der Waals surface area contributed by atoms with E-state index in [0.29, 0.717) is 22.6 Å². The number of anilines is 1. The maximum absolute atomic E-state index is 13.0. The normalized spacial score (nSPS) is 10.1. The summed E-state index contributed by atoms with van der Waals surface area (Å²) < 4.78 is 18.0. The first-order chi connectivity index (χ1) is 9.60. The first-order valence-electron chi connectivity index (χ1n) is 6.06. The standard InChI is InChI=1S/C15H15FN2O2/c1-20-14-6-5-11(8-13(14)17)15(19)18-9-10-3-2-4-12(16)7-10/h2-8H,9,17H2,1H3,(H,18,19). The lowest BCUT2D eigenvalue weighted by Gasteiger charge is -2.08. The molecular weight excluding hydrogens is 259 g/mol. The van der Waals surface area contributed by atoms with Crippen molar-refractivity contribution in [2.45, 2.75) is 6.54 Å². The number of carbonyl (C=O) groups is 1. The van der Waals surface area contributed by atoms with Crippen molar-refractivity contribution in [1.82, 2.24) is 5.32 Å².